The quantitative estimate of drug-likeness (QED) is 0.437. The first kappa shape index (κ1) is 7.89. The van der Waals surface area contributed by atoms with Gasteiger partial charge in [-0.3, -0.25) is 0 Å². The standard InChI is InChI=1S/C8H11N/c1-3-5-7-8(9)6-4-2/h3-7,9H,1H2,2H3/b6-4-,7-5-,9-8?. The van der Waals surface area contributed by atoms with Crippen molar-refractivity contribution in [3.63, 3.8) is 0 Å². The van der Waals surface area contributed by atoms with E-state index in [4.69, 9.17) is 5.41 Å². The topological polar surface area (TPSA) is 23.9 Å². The average Bonchev–Trinajstić information content (AvgIpc) is 1.85. The second kappa shape index (κ2) is 5.04. The molecule has 0 saturated carbocycles. The first-order valence-corrected chi connectivity index (χ1v) is 2.81. The first-order valence-electron chi connectivity index (χ1n) is 2.81. The minimum atomic E-state index is 0.498. The molecule has 0 aliphatic rings. The van der Waals surface area contributed by atoms with Gasteiger partial charge in [-0.05, 0) is 19.1 Å². The second-order valence-electron chi connectivity index (χ2n) is 1.55. The Balaban J connectivity index is 3.76. The summed E-state index contributed by atoms with van der Waals surface area (Å²) in [7, 11) is 0. The predicted molar refractivity (Wildman–Crippen MR) is 41.9 cm³/mol. The van der Waals surface area contributed by atoms with Crippen molar-refractivity contribution in [2.75, 3.05) is 0 Å². The monoisotopic (exact) mass is 121 g/mol. The van der Waals surface area contributed by atoms with Gasteiger partial charge in [0.2, 0.25) is 0 Å². The van der Waals surface area contributed by atoms with Crippen LogP contribution in [0, 0.1) is 5.41 Å². The van der Waals surface area contributed by atoms with E-state index in [-0.39, 0.29) is 0 Å². The Kier molecular flexibility index (Phi) is 4.41. The summed E-state index contributed by atoms with van der Waals surface area (Å²) in [5, 5.41) is 7.17. The van der Waals surface area contributed by atoms with Gasteiger partial charge in [-0.15, -0.1) is 0 Å². The molecule has 1 nitrogen and oxygen atoms in total. The molecule has 1 heteroatoms. The van der Waals surface area contributed by atoms with E-state index < -0.39 is 0 Å². The fraction of sp³-hybridized carbons (Fsp3) is 0.125. The van der Waals surface area contributed by atoms with Crippen LogP contribution in [0.15, 0.2) is 37.0 Å². The third-order valence-electron chi connectivity index (χ3n) is 0.758. The molecule has 0 aromatic heterocycles. The molecule has 0 bridgehead atoms. The van der Waals surface area contributed by atoms with E-state index in [0.29, 0.717) is 5.71 Å². The maximum atomic E-state index is 7.17. The lowest BCUT2D eigenvalue weighted by molar-refractivity contribution is 1.53. The highest BCUT2D eigenvalue weighted by Crippen LogP contribution is 1.80. The summed E-state index contributed by atoms with van der Waals surface area (Å²) in [6.45, 7) is 5.37. The van der Waals surface area contributed by atoms with Crippen LogP contribution < -0.4 is 0 Å². The Morgan fingerprint density at radius 3 is 2.56 bits per heavy atom. The Morgan fingerprint density at radius 1 is 1.44 bits per heavy atom. The van der Waals surface area contributed by atoms with Gasteiger partial charge in [-0.1, -0.05) is 24.8 Å². The maximum absolute atomic E-state index is 7.17. The SMILES string of the molecule is C=C/C=C\C(=N)/C=C\C. The number of nitrogens with one attached hydrogen (secondary N) is 1. The van der Waals surface area contributed by atoms with Gasteiger partial charge < -0.3 is 5.41 Å². The summed E-state index contributed by atoms with van der Waals surface area (Å²) in [6, 6.07) is 0. The zero-order valence-corrected chi connectivity index (χ0v) is 5.59. The summed E-state index contributed by atoms with van der Waals surface area (Å²) in [5.41, 5.74) is 0.498. The van der Waals surface area contributed by atoms with Crippen molar-refractivity contribution in [2.24, 2.45) is 0 Å². The molecule has 0 aromatic carbocycles. The molecule has 9 heavy (non-hydrogen) atoms. The van der Waals surface area contributed by atoms with Gasteiger partial charge in [-0.25, -0.2) is 0 Å². The normalized spacial score (nSPS) is 10.8. The van der Waals surface area contributed by atoms with Crippen molar-refractivity contribution in [2.45, 2.75) is 6.92 Å². The number of allylic oxidation sites excluding steroid dienone is 5. The fourth-order valence-electron chi connectivity index (χ4n) is 0.407. The van der Waals surface area contributed by atoms with Gasteiger partial charge in [-0.2, -0.15) is 0 Å². The summed E-state index contributed by atoms with van der Waals surface area (Å²) in [6.07, 6.45) is 8.63. The van der Waals surface area contributed by atoms with E-state index >= 15 is 0 Å². The molecule has 0 aliphatic heterocycles. The molecule has 0 fully saturated rings. The molecule has 0 saturated heterocycles. The minimum absolute atomic E-state index is 0.498. The zero-order chi connectivity index (χ0) is 7.11. The second-order valence-corrected chi connectivity index (χ2v) is 1.55. The lowest BCUT2D eigenvalue weighted by atomic mass is 10.3. The van der Waals surface area contributed by atoms with Crippen LogP contribution in [0.3, 0.4) is 0 Å². The van der Waals surface area contributed by atoms with Gasteiger partial charge >= 0.3 is 0 Å². The molecule has 48 valence electrons. The molecule has 0 rings (SSSR count). The van der Waals surface area contributed by atoms with Crippen LogP contribution in [0.1, 0.15) is 6.92 Å². The van der Waals surface area contributed by atoms with Crippen molar-refractivity contribution in [1.82, 2.24) is 0 Å². The third-order valence-corrected chi connectivity index (χ3v) is 0.758. The minimum Gasteiger partial charge on any atom is -0.301 e. The Hall–Kier alpha value is -1.11. The molecule has 0 aromatic rings. The van der Waals surface area contributed by atoms with Crippen LogP contribution in [-0.4, -0.2) is 5.71 Å². The third kappa shape index (κ3) is 4.75. The smallest absolute Gasteiger partial charge is 0.0536 e. The van der Waals surface area contributed by atoms with Crippen LogP contribution in [0.4, 0.5) is 0 Å². The molecule has 0 radical (unpaired) electrons. The number of hydrogen-bond acceptors (Lipinski definition) is 1. The molecule has 0 atom stereocenters. The lowest BCUT2D eigenvalue weighted by Gasteiger charge is -1.80. The Labute approximate surface area is 55.9 Å². The Morgan fingerprint density at radius 2 is 2.11 bits per heavy atom. The molecule has 1 N–H and O–H groups in total. The molecular weight excluding hydrogens is 110 g/mol. The van der Waals surface area contributed by atoms with Gasteiger partial charge in [0.15, 0.2) is 0 Å². The van der Waals surface area contributed by atoms with E-state index in [2.05, 4.69) is 6.58 Å². The van der Waals surface area contributed by atoms with Crippen LogP contribution in [0.25, 0.3) is 0 Å². The lowest BCUT2D eigenvalue weighted by Crippen LogP contribution is -1.80. The van der Waals surface area contributed by atoms with Gasteiger partial charge in [0, 0.05) is 0 Å². The van der Waals surface area contributed by atoms with Crippen molar-refractivity contribution in [1.29, 1.82) is 5.41 Å². The molecular formula is C8H11N. The molecule has 0 heterocycles. The van der Waals surface area contributed by atoms with Crippen molar-refractivity contribution in [3.8, 4) is 0 Å². The van der Waals surface area contributed by atoms with Gasteiger partial charge in [0.1, 0.15) is 0 Å². The predicted octanol–water partition coefficient (Wildman–Crippen LogP) is 2.32. The van der Waals surface area contributed by atoms with Crippen LogP contribution >= 0.6 is 0 Å². The highest BCUT2D eigenvalue weighted by atomic mass is 14.4. The van der Waals surface area contributed by atoms with E-state index in [1.54, 1.807) is 24.3 Å². The van der Waals surface area contributed by atoms with E-state index in [9.17, 15) is 0 Å². The number of hydrogen-bond donors (Lipinski definition) is 1. The number of rotatable bonds is 3. The first-order chi connectivity index (χ1) is 4.31. The van der Waals surface area contributed by atoms with E-state index in [1.807, 2.05) is 13.0 Å². The van der Waals surface area contributed by atoms with Gasteiger partial charge in [0.25, 0.3) is 0 Å². The molecule has 0 spiro atoms. The molecule has 0 amide bonds. The van der Waals surface area contributed by atoms with E-state index in [1.165, 1.54) is 0 Å². The highest BCUT2D eigenvalue weighted by Gasteiger charge is 1.75. The largest absolute Gasteiger partial charge is 0.301 e. The van der Waals surface area contributed by atoms with Crippen LogP contribution in [0.5, 0.6) is 0 Å². The molecule has 0 aliphatic carbocycles. The molecule has 0 unspecified atom stereocenters. The highest BCUT2D eigenvalue weighted by molar-refractivity contribution is 6.01. The Bertz CT molecular complexity index is 152. The summed E-state index contributed by atoms with van der Waals surface area (Å²) < 4.78 is 0. The average molecular weight is 121 g/mol. The summed E-state index contributed by atoms with van der Waals surface area (Å²) in [4.78, 5) is 0. The maximum Gasteiger partial charge on any atom is 0.0536 e. The fourth-order valence-corrected chi connectivity index (χ4v) is 0.407. The summed E-state index contributed by atoms with van der Waals surface area (Å²) in [5.74, 6) is 0. The van der Waals surface area contributed by atoms with Crippen LogP contribution in [0.2, 0.25) is 0 Å². The van der Waals surface area contributed by atoms with Crippen molar-refractivity contribution in [3.05, 3.63) is 37.0 Å². The van der Waals surface area contributed by atoms with Gasteiger partial charge in [0.05, 0.1) is 5.71 Å². The van der Waals surface area contributed by atoms with E-state index in [0.717, 1.165) is 0 Å². The van der Waals surface area contributed by atoms with Crippen molar-refractivity contribution >= 4 is 5.71 Å². The zero-order valence-electron chi connectivity index (χ0n) is 5.59. The summed E-state index contributed by atoms with van der Waals surface area (Å²) >= 11 is 0. The van der Waals surface area contributed by atoms with Crippen LogP contribution in [-0.2, 0) is 0 Å². The van der Waals surface area contributed by atoms with Crippen molar-refractivity contribution < 1.29 is 0 Å².